The van der Waals surface area contributed by atoms with Crippen LogP contribution in [0, 0.1) is 0 Å². The molecule has 3 heterocycles. The molecule has 0 saturated heterocycles. The summed E-state index contributed by atoms with van der Waals surface area (Å²) in [5.41, 5.74) is 1.47. The van der Waals surface area contributed by atoms with Gasteiger partial charge >= 0.3 is 0 Å². The minimum absolute atomic E-state index is 0.136. The monoisotopic (exact) mass is 328 g/mol. The molecule has 0 aliphatic heterocycles. The van der Waals surface area contributed by atoms with Crippen LogP contribution in [0.25, 0.3) is 0 Å². The molecular formula is C17H16N2O3S. The van der Waals surface area contributed by atoms with Gasteiger partial charge in [-0.05, 0) is 47.4 Å². The molecule has 0 aromatic carbocycles. The molecule has 1 saturated carbocycles. The number of hydrogen-bond acceptors (Lipinski definition) is 5. The largest absolute Gasteiger partial charge is 0.467 e. The van der Waals surface area contributed by atoms with Crippen molar-refractivity contribution in [1.82, 2.24) is 10.1 Å². The van der Waals surface area contributed by atoms with Crippen LogP contribution in [0.2, 0.25) is 0 Å². The molecule has 5 nitrogen and oxygen atoms in total. The predicted molar refractivity (Wildman–Crippen MR) is 85.1 cm³/mol. The van der Waals surface area contributed by atoms with Crippen molar-refractivity contribution in [2.75, 3.05) is 0 Å². The minimum atomic E-state index is -0.136. The summed E-state index contributed by atoms with van der Waals surface area (Å²) < 4.78 is 10.7. The first-order valence-electron chi connectivity index (χ1n) is 7.59. The second-order valence-corrected chi connectivity index (χ2v) is 6.54. The normalized spacial score (nSPS) is 14.1. The van der Waals surface area contributed by atoms with Crippen molar-refractivity contribution in [2.24, 2.45) is 0 Å². The number of rotatable bonds is 6. The molecule has 0 spiro atoms. The molecule has 3 aromatic heterocycles. The Labute approximate surface area is 137 Å². The Kier molecular flexibility index (Phi) is 3.75. The lowest BCUT2D eigenvalue weighted by Gasteiger charge is -2.19. The summed E-state index contributed by atoms with van der Waals surface area (Å²) in [6.45, 7) is 0.932. The smallest absolute Gasteiger partial charge is 0.276 e. The summed E-state index contributed by atoms with van der Waals surface area (Å²) >= 11 is 1.62. The molecule has 1 fully saturated rings. The van der Waals surface area contributed by atoms with Gasteiger partial charge in [-0.3, -0.25) is 4.79 Å². The molecule has 0 radical (unpaired) electrons. The molecule has 1 aliphatic carbocycles. The van der Waals surface area contributed by atoms with E-state index in [1.807, 2.05) is 29.0 Å². The lowest BCUT2D eigenvalue weighted by molar-refractivity contribution is 0.0707. The summed E-state index contributed by atoms with van der Waals surface area (Å²) in [4.78, 5) is 14.6. The zero-order chi connectivity index (χ0) is 15.6. The van der Waals surface area contributed by atoms with Gasteiger partial charge in [-0.2, -0.15) is 11.3 Å². The van der Waals surface area contributed by atoms with Gasteiger partial charge in [0.15, 0.2) is 5.69 Å². The van der Waals surface area contributed by atoms with Gasteiger partial charge in [-0.25, -0.2) is 0 Å². The molecule has 0 atom stereocenters. The third kappa shape index (κ3) is 3.22. The van der Waals surface area contributed by atoms with Gasteiger partial charge in [0.1, 0.15) is 11.5 Å². The Morgan fingerprint density at radius 1 is 1.35 bits per heavy atom. The van der Waals surface area contributed by atoms with Crippen LogP contribution in [0.3, 0.4) is 0 Å². The fourth-order valence-corrected chi connectivity index (χ4v) is 3.17. The van der Waals surface area contributed by atoms with E-state index in [0.717, 1.165) is 29.9 Å². The van der Waals surface area contributed by atoms with E-state index in [4.69, 9.17) is 8.94 Å². The summed E-state index contributed by atoms with van der Waals surface area (Å²) in [5, 5.41) is 8.01. The number of furan rings is 1. The number of thiophene rings is 1. The highest BCUT2D eigenvalue weighted by Crippen LogP contribution is 2.40. The Morgan fingerprint density at radius 3 is 2.96 bits per heavy atom. The molecule has 1 aliphatic rings. The lowest BCUT2D eigenvalue weighted by atomic mass is 10.2. The highest BCUT2D eigenvalue weighted by Gasteiger charge is 2.30. The Morgan fingerprint density at radius 2 is 2.26 bits per heavy atom. The fraction of sp³-hybridized carbons (Fsp3) is 0.294. The van der Waals surface area contributed by atoms with Gasteiger partial charge in [-0.1, -0.05) is 5.16 Å². The van der Waals surface area contributed by atoms with E-state index in [-0.39, 0.29) is 5.91 Å². The van der Waals surface area contributed by atoms with Crippen molar-refractivity contribution in [3.05, 3.63) is 64.1 Å². The van der Waals surface area contributed by atoms with Crippen LogP contribution in [-0.4, -0.2) is 16.0 Å². The van der Waals surface area contributed by atoms with E-state index in [2.05, 4.69) is 5.16 Å². The number of aromatic nitrogens is 1. The van der Waals surface area contributed by atoms with Crippen molar-refractivity contribution >= 4 is 17.2 Å². The highest BCUT2D eigenvalue weighted by molar-refractivity contribution is 7.07. The lowest BCUT2D eigenvalue weighted by Crippen LogP contribution is -2.30. The molecule has 6 heteroatoms. The number of hydrogen-bond donors (Lipinski definition) is 0. The van der Waals surface area contributed by atoms with Gasteiger partial charge in [0.05, 0.1) is 12.8 Å². The zero-order valence-electron chi connectivity index (χ0n) is 12.5. The van der Waals surface area contributed by atoms with Crippen LogP contribution in [0.15, 0.2) is 50.2 Å². The van der Waals surface area contributed by atoms with Crippen LogP contribution >= 0.6 is 11.3 Å². The molecule has 23 heavy (non-hydrogen) atoms. The van der Waals surface area contributed by atoms with Crippen LogP contribution < -0.4 is 0 Å². The molecule has 4 rings (SSSR count). The summed E-state index contributed by atoms with van der Waals surface area (Å²) in [6, 6.07) is 7.49. The Balaban J connectivity index is 1.55. The average molecular weight is 328 g/mol. The molecule has 0 bridgehead atoms. The molecule has 0 N–H and O–H groups in total. The third-order valence-corrected chi connectivity index (χ3v) is 4.63. The van der Waals surface area contributed by atoms with E-state index in [9.17, 15) is 4.79 Å². The quantitative estimate of drug-likeness (QED) is 0.685. The van der Waals surface area contributed by atoms with E-state index >= 15 is 0 Å². The SMILES string of the molecule is O=C(c1cc(C2CC2)on1)N(Cc1ccsc1)Cc1ccco1. The van der Waals surface area contributed by atoms with E-state index in [0.29, 0.717) is 24.7 Å². The van der Waals surface area contributed by atoms with Crippen LogP contribution in [0.5, 0.6) is 0 Å². The Hall–Kier alpha value is -2.34. The maximum atomic E-state index is 12.8. The highest BCUT2D eigenvalue weighted by atomic mass is 32.1. The second-order valence-electron chi connectivity index (χ2n) is 5.76. The van der Waals surface area contributed by atoms with Crippen LogP contribution in [0.4, 0.5) is 0 Å². The first kappa shape index (κ1) is 14.3. The zero-order valence-corrected chi connectivity index (χ0v) is 13.3. The first-order valence-corrected chi connectivity index (χ1v) is 8.53. The molecule has 118 valence electrons. The van der Waals surface area contributed by atoms with Gasteiger partial charge < -0.3 is 13.8 Å². The summed E-state index contributed by atoms with van der Waals surface area (Å²) in [6.07, 6.45) is 3.85. The minimum Gasteiger partial charge on any atom is -0.467 e. The van der Waals surface area contributed by atoms with Crippen molar-refractivity contribution < 1.29 is 13.7 Å². The van der Waals surface area contributed by atoms with Crippen molar-refractivity contribution in [1.29, 1.82) is 0 Å². The van der Waals surface area contributed by atoms with E-state index in [1.54, 1.807) is 28.6 Å². The number of carbonyl (C=O) groups excluding carboxylic acids is 1. The standard InChI is InChI=1S/C17H16N2O3S/c20-17(15-8-16(22-18-15)13-3-4-13)19(9-12-5-7-23-11-12)10-14-2-1-6-21-14/h1-2,5-8,11,13H,3-4,9-10H2. The Bertz CT molecular complexity index is 736. The fourth-order valence-electron chi connectivity index (χ4n) is 2.51. The number of nitrogens with zero attached hydrogens (tertiary/aromatic N) is 2. The van der Waals surface area contributed by atoms with Crippen LogP contribution in [0.1, 0.15) is 46.3 Å². The van der Waals surface area contributed by atoms with Crippen LogP contribution in [-0.2, 0) is 13.1 Å². The molecular weight excluding hydrogens is 312 g/mol. The van der Waals surface area contributed by atoms with Gasteiger partial charge in [-0.15, -0.1) is 0 Å². The molecule has 1 amide bonds. The predicted octanol–water partition coefficient (Wildman–Crippen LogP) is 4.05. The van der Waals surface area contributed by atoms with Gasteiger partial charge in [0, 0.05) is 18.5 Å². The van der Waals surface area contributed by atoms with E-state index < -0.39 is 0 Å². The average Bonchev–Trinajstić information content (AvgIpc) is 3.03. The number of carbonyl (C=O) groups is 1. The van der Waals surface area contributed by atoms with E-state index in [1.165, 1.54) is 0 Å². The van der Waals surface area contributed by atoms with Gasteiger partial charge in [0.2, 0.25) is 0 Å². The molecule has 3 aromatic rings. The topological polar surface area (TPSA) is 59.5 Å². The van der Waals surface area contributed by atoms with Crippen molar-refractivity contribution in [2.45, 2.75) is 31.8 Å². The third-order valence-electron chi connectivity index (χ3n) is 3.89. The summed E-state index contributed by atoms with van der Waals surface area (Å²) in [7, 11) is 0. The maximum Gasteiger partial charge on any atom is 0.276 e. The maximum absolute atomic E-state index is 12.8. The van der Waals surface area contributed by atoms with Crippen molar-refractivity contribution in [3.63, 3.8) is 0 Å². The first-order chi connectivity index (χ1) is 11.3. The molecule has 0 unspecified atom stereocenters. The van der Waals surface area contributed by atoms with Crippen molar-refractivity contribution in [3.8, 4) is 0 Å². The number of amides is 1. The summed E-state index contributed by atoms with van der Waals surface area (Å²) in [5.74, 6) is 1.88. The second kappa shape index (κ2) is 6.04. The van der Waals surface area contributed by atoms with Gasteiger partial charge in [0.25, 0.3) is 5.91 Å².